The second-order valence-corrected chi connectivity index (χ2v) is 12.4. The number of aryl methyl sites for hydroxylation is 2. The van der Waals surface area contributed by atoms with E-state index in [1.165, 1.54) is 22.3 Å². The molecule has 1 fully saturated rings. The van der Waals surface area contributed by atoms with Crippen LogP contribution in [0.2, 0.25) is 0 Å². The molecule has 0 amide bonds. The largest absolute Gasteiger partial charge is 0.488 e. The lowest BCUT2D eigenvalue weighted by Crippen LogP contribution is -2.41. The molecule has 38 heavy (non-hydrogen) atoms. The van der Waals surface area contributed by atoms with Crippen molar-refractivity contribution in [2.75, 3.05) is 18.0 Å². The van der Waals surface area contributed by atoms with Gasteiger partial charge < -0.3 is 9.64 Å². The number of pyridine rings is 1. The third-order valence-corrected chi connectivity index (χ3v) is 8.06. The lowest BCUT2D eigenvalue weighted by atomic mass is 9.79. The number of anilines is 1. The summed E-state index contributed by atoms with van der Waals surface area (Å²) in [6.45, 7) is 15.4. The Bertz CT molecular complexity index is 1220. The minimum Gasteiger partial charge on any atom is -0.488 e. The van der Waals surface area contributed by atoms with Crippen LogP contribution in [0.15, 0.2) is 53.1 Å². The molecule has 0 aliphatic carbocycles. The highest BCUT2D eigenvalue weighted by Gasteiger charge is 2.23. The molecule has 2 aromatic carbocycles. The molecule has 0 saturated carbocycles. The number of benzene rings is 2. The zero-order chi connectivity index (χ0) is 27.4. The molecular weight excluding hydrogens is 539 g/mol. The number of nitrogens with zero attached hydrogens (tertiary/aromatic N) is 2. The van der Waals surface area contributed by atoms with Crippen LogP contribution < -0.4 is 9.64 Å². The molecule has 1 saturated heterocycles. The molecule has 2 heterocycles. The summed E-state index contributed by atoms with van der Waals surface area (Å²) in [6, 6.07) is 14.0. The molecule has 0 radical (unpaired) electrons. The van der Waals surface area contributed by atoms with Gasteiger partial charge in [-0.1, -0.05) is 59.7 Å². The molecule has 3 nitrogen and oxygen atoms in total. The minimum atomic E-state index is -0.182. The van der Waals surface area contributed by atoms with Gasteiger partial charge in [0.1, 0.15) is 23.5 Å². The van der Waals surface area contributed by atoms with E-state index in [4.69, 9.17) is 4.74 Å². The molecule has 3 aromatic rings. The van der Waals surface area contributed by atoms with Gasteiger partial charge in [-0.25, -0.2) is 9.37 Å². The molecule has 1 atom stereocenters. The van der Waals surface area contributed by atoms with Crippen LogP contribution in [0.25, 0.3) is 0 Å². The summed E-state index contributed by atoms with van der Waals surface area (Å²) in [6.07, 6.45) is 5.33. The first-order valence-corrected chi connectivity index (χ1v) is 14.9. The summed E-state index contributed by atoms with van der Waals surface area (Å²) in [5.74, 6) is 2.77. The standard InChI is InChI=1S/C33H42BrFN2O/c1-21(2)29-15-12-25(32(22(3)4)33(29)23(5)6)10-9-24-11-14-27(18-30(24)35)38-28-8-7-17-37(20-28)31-16-13-26(34)19-36-31/h11-16,18-19,21-23,28H,7-10,17,20H2,1-6H3. The molecule has 4 rings (SSSR count). The Morgan fingerprint density at radius 2 is 1.63 bits per heavy atom. The summed E-state index contributed by atoms with van der Waals surface area (Å²) in [4.78, 5) is 6.77. The Morgan fingerprint density at radius 1 is 0.921 bits per heavy atom. The first kappa shape index (κ1) is 28.6. The Kier molecular flexibility index (Phi) is 9.51. The van der Waals surface area contributed by atoms with Crippen LogP contribution in [0.4, 0.5) is 10.2 Å². The number of rotatable bonds is 9. The van der Waals surface area contributed by atoms with Crippen LogP contribution in [-0.4, -0.2) is 24.2 Å². The number of piperidine rings is 1. The molecule has 1 unspecified atom stereocenters. The van der Waals surface area contributed by atoms with Crippen molar-refractivity contribution in [1.29, 1.82) is 0 Å². The Balaban J connectivity index is 1.44. The van der Waals surface area contributed by atoms with E-state index in [2.05, 4.69) is 79.5 Å². The number of halogens is 2. The van der Waals surface area contributed by atoms with Crippen LogP contribution in [0, 0.1) is 5.82 Å². The van der Waals surface area contributed by atoms with Crippen molar-refractivity contribution >= 4 is 21.7 Å². The van der Waals surface area contributed by atoms with Crippen LogP contribution in [0.1, 0.15) is 100.0 Å². The van der Waals surface area contributed by atoms with E-state index in [1.807, 2.05) is 30.5 Å². The average Bonchev–Trinajstić information content (AvgIpc) is 2.88. The fraction of sp³-hybridized carbons (Fsp3) is 0.485. The van der Waals surface area contributed by atoms with Crippen molar-refractivity contribution < 1.29 is 9.13 Å². The molecule has 0 bridgehead atoms. The first-order valence-electron chi connectivity index (χ1n) is 14.1. The maximum Gasteiger partial charge on any atom is 0.130 e. The number of hydrogen-bond donors (Lipinski definition) is 0. The molecule has 204 valence electrons. The van der Waals surface area contributed by atoms with E-state index in [9.17, 15) is 0 Å². The molecule has 1 aliphatic heterocycles. The quantitative estimate of drug-likeness (QED) is 0.252. The highest BCUT2D eigenvalue weighted by atomic mass is 79.9. The van der Waals surface area contributed by atoms with Crippen molar-refractivity contribution in [3.8, 4) is 5.75 Å². The van der Waals surface area contributed by atoms with E-state index in [-0.39, 0.29) is 11.9 Å². The van der Waals surface area contributed by atoms with Crippen LogP contribution >= 0.6 is 15.9 Å². The van der Waals surface area contributed by atoms with Crippen LogP contribution in [-0.2, 0) is 12.8 Å². The monoisotopic (exact) mass is 580 g/mol. The highest BCUT2D eigenvalue weighted by Crippen LogP contribution is 2.36. The van der Waals surface area contributed by atoms with Gasteiger partial charge in [0.25, 0.3) is 0 Å². The Labute approximate surface area is 237 Å². The maximum atomic E-state index is 15.2. The molecular formula is C33H42BrFN2O. The lowest BCUT2D eigenvalue weighted by Gasteiger charge is -2.33. The SMILES string of the molecule is CC(C)c1ccc(CCc2ccc(OC3CCCN(c4ccc(Br)cn4)C3)cc2F)c(C(C)C)c1C(C)C. The fourth-order valence-electron chi connectivity index (χ4n) is 5.81. The Morgan fingerprint density at radius 3 is 2.26 bits per heavy atom. The van der Waals surface area contributed by atoms with Crippen molar-refractivity contribution in [2.24, 2.45) is 0 Å². The smallest absolute Gasteiger partial charge is 0.130 e. The lowest BCUT2D eigenvalue weighted by molar-refractivity contribution is 0.178. The van der Waals surface area contributed by atoms with Crippen molar-refractivity contribution in [2.45, 2.75) is 91.1 Å². The number of ether oxygens (including phenoxy) is 1. The van der Waals surface area contributed by atoms with E-state index in [0.29, 0.717) is 29.9 Å². The van der Waals surface area contributed by atoms with Gasteiger partial charge >= 0.3 is 0 Å². The normalized spacial score (nSPS) is 16.1. The maximum absolute atomic E-state index is 15.2. The summed E-state index contributed by atoms with van der Waals surface area (Å²) in [5, 5.41) is 0. The zero-order valence-corrected chi connectivity index (χ0v) is 25.3. The predicted octanol–water partition coefficient (Wildman–Crippen LogP) is 9.19. The van der Waals surface area contributed by atoms with E-state index >= 15 is 4.39 Å². The van der Waals surface area contributed by atoms with Crippen molar-refractivity contribution in [3.05, 3.63) is 86.8 Å². The van der Waals surface area contributed by atoms with Crippen LogP contribution in [0.3, 0.4) is 0 Å². The summed E-state index contributed by atoms with van der Waals surface area (Å²) in [7, 11) is 0. The van der Waals surface area contributed by atoms with E-state index in [1.54, 1.807) is 6.07 Å². The van der Waals surface area contributed by atoms with E-state index in [0.717, 1.165) is 48.2 Å². The topological polar surface area (TPSA) is 25.4 Å². The van der Waals surface area contributed by atoms with Gasteiger partial charge in [-0.05, 0) is 105 Å². The molecule has 1 aliphatic rings. The number of aromatic nitrogens is 1. The second kappa shape index (κ2) is 12.6. The molecule has 5 heteroatoms. The summed E-state index contributed by atoms with van der Waals surface area (Å²) in [5.41, 5.74) is 6.47. The third-order valence-electron chi connectivity index (χ3n) is 7.59. The number of hydrogen-bond acceptors (Lipinski definition) is 3. The second-order valence-electron chi connectivity index (χ2n) is 11.5. The summed E-state index contributed by atoms with van der Waals surface area (Å²) < 4.78 is 22.4. The van der Waals surface area contributed by atoms with Crippen LogP contribution in [0.5, 0.6) is 5.75 Å². The van der Waals surface area contributed by atoms with Gasteiger partial charge in [0, 0.05) is 23.3 Å². The van der Waals surface area contributed by atoms with Gasteiger partial charge in [0.2, 0.25) is 0 Å². The van der Waals surface area contributed by atoms with Gasteiger partial charge in [0.05, 0.1) is 6.54 Å². The predicted molar refractivity (Wildman–Crippen MR) is 160 cm³/mol. The third kappa shape index (κ3) is 6.77. The van der Waals surface area contributed by atoms with Gasteiger partial charge in [-0.3, -0.25) is 0 Å². The average molecular weight is 582 g/mol. The highest BCUT2D eigenvalue weighted by molar-refractivity contribution is 9.10. The van der Waals surface area contributed by atoms with Crippen molar-refractivity contribution in [1.82, 2.24) is 4.98 Å². The molecule has 0 N–H and O–H groups in total. The van der Waals surface area contributed by atoms with Gasteiger partial charge in [-0.15, -0.1) is 0 Å². The zero-order valence-electron chi connectivity index (χ0n) is 23.7. The summed E-state index contributed by atoms with van der Waals surface area (Å²) >= 11 is 3.45. The van der Waals surface area contributed by atoms with E-state index < -0.39 is 0 Å². The van der Waals surface area contributed by atoms with Gasteiger partial charge in [0.15, 0.2) is 0 Å². The molecule has 1 aromatic heterocycles. The fourth-order valence-corrected chi connectivity index (χ4v) is 6.04. The van der Waals surface area contributed by atoms with Gasteiger partial charge in [-0.2, -0.15) is 0 Å². The molecule has 0 spiro atoms. The first-order chi connectivity index (χ1) is 18.1. The van der Waals surface area contributed by atoms with Crippen molar-refractivity contribution in [3.63, 3.8) is 0 Å². The Hall–Kier alpha value is -2.40. The minimum absolute atomic E-state index is 0.0157.